The van der Waals surface area contributed by atoms with Crippen molar-refractivity contribution >= 4 is 29.0 Å². The number of amides is 2. The lowest BCUT2D eigenvalue weighted by Crippen LogP contribution is -2.33. The van der Waals surface area contributed by atoms with E-state index in [1.54, 1.807) is 24.3 Å². The van der Waals surface area contributed by atoms with Gasteiger partial charge in [0.25, 0.3) is 17.5 Å². The minimum Gasteiger partial charge on any atom is -0.349 e. The smallest absolute Gasteiger partial charge is 0.270 e. The lowest BCUT2D eigenvalue weighted by atomic mass is 10.0. The number of carbonyl (C=O) groups excluding carboxylic acids is 2. The minimum atomic E-state index is -0.586. The Morgan fingerprint density at radius 2 is 1.81 bits per heavy atom. The maximum Gasteiger partial charge on any atom is 0.270 e. The van der Waals surface area contributed by atoms with Gasteiger partial charge in [0.2, 0.25) is 0 Å². The molecule has 1 aliphatic carbocycles. The third-order valence-corrected chi connectivity index (χ3v) is 5.48. The number of rotatable bonds is 4. The molecule has 160 valence electrons. The van der Waals surface area contributed by atoms with Crippen molar-refractivity contribution in [1.29, 1.82) is 5.26 Å². The van der Waals surface area contributed by atoms with Gasteiger partial charge in [0, 0.05) is 34.9 Å². The van der Waals surface area contributed by atoms with Crippen molar-refractivity contribution in [1.82, 2.24) is 10.6 Å². The number of nitro groups is 1. The Morgan fingerprint density at radius 1 is 1.09 bits per heavy atom. The lowest BCUT2D eigenvalue weighted by Gasteiger charge is -2.11. The summed E-state index contributed by atoms with van der Waals surface area (Å²) in [6.07, 6.45) is 3.84. The molecule has 0 saturated heterocycles. The Morgan fingerprint density at radius 3 is 2.50 bits per heavy atom. The van der Waals surface area contributed by atoms with Gasteiger partial charge >= 0.3 is 0 Å². The van der Waals surface area contributed by atoms with Crippen LogP contribution in [0.4, 0.5) is 5.69 Å². The second-order valence-corrected chi connectivity index (χ2v) is 7.56. The predicted molar refractivity (Wildman–Crippen MR) is 116 cm³/mol. The predicted octanol–water partition coefficient (Wildman–Crippen LogP) is 3.08. The maximum atomic E-state index is 12.8. The molecule has 2 amide bonds. The SMILES string of the molecule is N#C/C(C(=O)NC1CCCC1)=C1/N=C(NC(=O)c2cccc([N+](=O)[O-])c2)c2ccccc21. The molecule has 1 aliphatic heterocycles. The minimum absolute atomic E-state index is 0.0418. The molecule has 1 fully saturated rings. The highest BCUT2D eigenvalue weighted by Gasteiger charge is 2.28. The van der Waals surface area contributed by atoms with Gasteiger partial charge in [0.15, 0.2) is 0 Å². The Labute approximate surface area is 183 Å². The molecule has 0 aromatic heterocycles. The van der Waals surface area contributed by atoms with Gasteiger partial charge in [-0.1, -0.05) is 43.2 Å². The largest absolute Gasteiger partial charge is 0.349 e. The molecule has 0 bridgehead atoms. The second-order valence-electron chi connectivity index (χ2n) is 7.56. The van der Waals surface area contributed by atoms with E-state index in [0.29, 0.717) is 11.1 Å². The third-order valence-electron chi connectivity index (χ3n) is 5.48. The molecule has 32 heavy (non-hydrogen) atoms. The van der Waals surface area contributed by atoms with E-state index in [0.717, 1.165) is 25.7 Å². The molecule has 2 N–H and O–H groups in total. The first-order valence-electron chi connectivity index (χ1n) is 10.2. The van der Waals surface area contributed by atoms with Gasteiger partial charge in [-0.25, -0.2) is 4.99 Å². The number of aliphatic imine (C=N–C) groups is 1. The number of hydrogen-bond donors (Lipinski definition) is 2. The quantitative estimate of drug-likeness (QED) is 0.333. The van der Waals surface area contributed by atoms with Crippen LogP contribution in [-0.2, 0) is 4.79 Å². The monoisotopic (exact) mass is 429 g/mol. The molecule has 0 atom stereocenters. The molecule has 0 radical (unpaired) electrons. The number of benzene rings is 2. The van der Waals surface area contributed by atoms with E-state index in [4.69, 9.17) is 0 Å². The van der Waals surface area contributed by atoms with E-state index >= 15 is 0 Å². The van der Waals surface area contributed by atoms with Crippen LogP contribution in [0.1, 0.15) is 47.2 Å². The lowest BCUT2D eigenvalue weighted by molar-refractivity contribution is -0.384. The van der Waals surface area contributed by atoms with Crippen LogP contribution in [0.2, 0.25) is 0 Å². The summed E-state index contributed by atoms with van der Waals surface area (Å²) in [6, 6.07) is 14.3. The first-order chi connectivity index (χ1) is 15.5. The molecule has 2 aromatic rings. The van der Waals surface area contributed by atoms with E-state index < -0.39 is 16.7 Å². The average molecular weight is 429 g/mol. The van der Waals surface area contributed by atoms with Crippen molar-refractivity contribution < 1.29 is 14.5 Å². The summed E-state index contributed by atoms with van der Waals surface area (Å²) in [5.74, 6) is -0.898. The summed E-state index contributed by atoms with van der Waals surface area (Å²) < 4.78 is 0. The molecule has 1 heterocycles. The van der Waals surface area contributed by atoms with Crippen LogP contribution in [0, 0.1) is 21.4 Å². The van der Waals surface area contributed by atoms with E-state index in [2.05, 4.69) is 15.6 Å². The molecule has 0 spiro atoms. The molecule has 1 saturated carbocycles. The Balaban J connectivity index is 1.66. The van der Waals surface area contributed by atoms with E-state index in [-0.39, 0.29) is 34.4 Å². The second kappa shape index (κ2) is 8.81. The highest BCUT2D eigenvalue weighted by atomic mass is 16.6. The topological polar surface area (TPSA) is 137 Å². The zero-order valence-electron chi connectivity index (χ0n) is 17.0. The Hall–Kier alpha value is -4.32. The highest BCUT2D eigenvalue weighted by molar-refractivity contribution is 6.20. The van der Waals surface area contributed by atoms with Crippen LogP contribution < -0.4 is 10.6 Å². The van der Waals surface area contributed by atoms with Crippen molar-refractivity contribution in [2.45, 2.75) is 31.7 Å². The van der Waals surface area contributed by atoms with Gasteiger partial charge in [-0.05, 0) is 18.9 Å². The number of nitro benzene ring substituents is 1. The molecule has 0 unspecified atom stereocenters. The van der Waals surface area contributed by atoms with Gasteiger partial charge < -0.3 is 10.6 Å². The number of nitriles is 1. The number of non-ortho nitro benzene ring substituents is 1. The van der Waals surface area contributed by atoms with Crippen molar-refractivity contribution in [3.05, 3.63) is 80.9 Å². The Bertz CT molecular complexity index is 1220. The summed E-state index contributed by atoms with van der Waals surface area (Å²) >= 11 is 0. The number of hydrogen-bond acceptors (Lipinski definition) is 6. The fourth-order valence-corrected chi connectivity index (χ4v) is 3.89. The molecule has 2 aromatic carbocycles. The van der Waals surface area contributed by atoms with E-state index in [1.807, 2.05) is 6.07 Å². The van der Waals surface area contributed by atoms with E-state index in [9.17, 15) is 25.0 Å². The standard InChI is InChI=1S/C23H19N5O4/c24-13-19(23(30)25-15-7-1-2-8-15)20-17-10-3-4-11-18(17)21(26-20)27-22(29)14-6-5-9-16(12-14)28(31)32/h3-6,9-12,15H,1-2,7-8H2,(H,25,30)(H,26,27,29)/b20-19-. The summed E-state index contributed by atoms with van der Waals surface area (Å²) in [5, 5.41) is 26.2. The van der Waals surface area contributed by atoms with Crippen LogP contribution in [0.25, 0.3) is 5.70 Å². The number of carbonyl (C=O) groups is 2. The number of nitrogens with one attached hydrogen (secondary N) is 2. The van der Waals surface area contributed by atoms with Crippen LogP contribution >= 0.6 is 0 Å². The summed E-state index contributed by atoms with van der Waals surface area (Å²) in [6.45, 7) is 0. The van der Waals surface area contributed by atoms with Crippen molar-refractivity contribution in [2.75, 3.05) is 0 Å². The number of amidine groups is 1. The van der Waals surface area contributed by atoms with Crippen LogP contribution in [-0.4, -0.2) is 28.6 Å². The van der Waals surface area contributed by atoms with Crippen LogP contribution in [0.5, 0.6) is 0 Å². The Kier molecular flexibility index (Phi) is 5.77. The fraction of sp³-hybridized carbons (Fsp3) is 0.217. The van der Waals surface area contributed by atoms with Crippen molar-refractivity contribution in [3.63, 3.8) is 0 Å². The van der Waals surface area contributed by atoms with Crippen molar-refractivity contribution in [2.24, 2.45) is 4.99 Å². The maximum absolute atomic E-state index is 12.8. The molecular formula is C23H19N5O4. The first kappa shape index (κ1) is 20.9. The van der Waals surface area contributed by atoms with Gasteiger partial charge in [0.05, 0.1) is 10.6 Å². The molecule has 2 aliphatic rings. The number of nitrogens with zero attached hydrogens (tertiary/aromatic N) is 3. The first-order valence-corrected chi connectivity index (χ1v) is 10.2. The van der Waals surface area contributed by atoms with Gasteiger partial charge in [0.1, 0.15) is 17.5 Å². The normalized spacial score (nSPS) is 16.5. The summed E-state index contributed by atoms with van der Waals surface area (Å²) in [5.41, 5.74) is 1.07. The fourth-order valence-electron chi connectivity index (χ4n) is 3.89. The van der Waals surface area contributed by atoms with Crippen molar-refractivity contribution in [3.8, 4) is 6.07 Å². The molecule has 9 heteroatoms. The van der Waals surface area contributed by atoms with E-state index in [1.165, 1.54) is 24.3 Å². The molecular weight excluding hydrogens is 410 g/mol. The van der Waals surface area contributed by atoms with Crippen LogP contribution in [0.3, 0.4) is 0 Å². The molecule has 4 rings (SSSR count). The zero-order valence-corrected chi connectivity index (χ0v) is 17.0. The summed E-state index contributed by atoms with van der Waals surface area (Å²) in [7, 11) is 0. The van der Waals surface area contributed by atoms with Gasteiger partial charge in [-0.3, -0.25) is 19.7 Å². The number of fused-ring (bicyclic) bond motifs is 1. The highest BCUT2D eigenvalue weighted by Crippen LogP contribution is 2.31. The summed E-state index contributed by atoms with van der Waals surface area (Å²) in [4.78, 5) is 40.3. The van der Waals surface area contributed by atoms with Gasteiger partial charge in [-0.15, -0.1) is 0 Å². The van der Waals surface area contributed by atoms with Crippen LogP contribution in [0.15, 0.2) is 59.1 Å². The third kappa shape index (κ3) is 4.11. The molecule has 9 nitrogen and oxygen atoms in total. The van der Waals surface area contributed by atoms with Gasteiger partial charge in [-0.2, -0.15) is 5.26 Å². The average Bonchev–Trinajstić information content (AvgIpc) is 3.43. The zero-order chi connectivity index (χ0) is 22.7.